The molecule has 0 aromatic heterocycles. The quantitative estimate of drug-likeness (QED) is 0.837. The molecule has 132 valence electrons. The van der Waals surface area contributed by atoms with Crippen LogP contribution in [0.1, 0.15) is 38.9 Å². The molecule has 1 aliphatic rings. The van der Waals surface area contributed by atoms with Gasteiger partial charge in [-0.3, -0.25) is 4.79 Å². The van der Waals surface area contributed by atoms with Gasteiger partial charge in [0.15, 0.2) is 17.4 Å². The van der Waals surface area contributed by atoms with Crippen LogP contribution in [0.25, 0.3) is 0 Å². The van der Waals surface area contributed by atoms with E-state index in [1.165, 1.54) is 0 Å². The van der Waals surface area contributed by atoms with E-state index in [2.05, 4.69) is 5.32 Å². The van der Waals surface area contributed by atoms with Crippen molar-refractivity contribution >= 4 is 11.9 Å². The molecular formula is C16H18F3NO4. The molecule has 1 heterocycles. The van der Waals surface area contributed by atoms with Crippen molar-refractivity contribution < 1.29 is 32.2 Å². The molecular weight excluding hydrogens is 327 g/mol. The smallest absolute Gasteiger partial charge is 0.407 e. The third-order valence-corrected chi connectivity index (χ3v) is 3.29. The molecule has 0 spiro atoms. The van der Waals surface area contributed by atoms with Gasteiger partial charge in [0, 0.05) is 18.1 Å². The van der Waals surface area contributed by atoms with Gasteiger partial charge in [-0.25, -0.2) is 18.0 Å². The lowest BCUT2D eigenvalue weighted by molar-refractivity contribution is -0.133. The highest BCUT2D eigenvalue weighted by Crippen LogP contribution is 2.30. The maximum Gasteiger partial charge on any atom is 0.407 e. The fourth-order valence-electron chi connectivity index (χ4n) is 2.36. The second-order valence-corrected chi connectivity index (χ2v) is 6.51. The number of nitrogens with one attached hydrogen (secondary N) is 1. The van der Waals surface area contributed by atoms with Crippen LogP contribution < -0.4 is 5.32 Å². The summed E-state index contributed by atoms with van der Waals surface area (Å²) in [6.45, 7) is 4.65. The second kappa shape index (κ2) is 6.80. The number of hydrogen-bond acceptors (Lipinski definition) is 4. The maximum absolute atomic E-state index is 14.0. The average molecular weight is 345 g/mol. The molecule has 1 amide bonds. The number of alkyl carbamates (subject to hydrolysis) is 1. The Hall–Kier alpha value is -2.09. The van der Waals surface area contributed by atoms with Gasteiger partial charge in [-0.2, -0.15) is 0 Å². The predicted molar refractivity (Wildman–Crippen MR) is 77.8 cm³/mol. The molecule has 1 aromatic carbocycles. The van der Waals surface area contributed by atoms with E-state index in [0.717, 1.165) is 0 Å². The lowest BCUT2D eigenvalue weighted by atomic mass is 9.95. The summed E-state index contributed by atoms with van der Waals surface area (Å²) in [4.78, 5) is 23.5. The van der Waals surface area contributed by atoms with Crippen LogP contribution >= 0.6 is 0 Å². The van der Waals surface area contributed by atoms with Gasteiger partial charge in [0.1, 0.15) is 24.1 Å². The van der Waals surface area contributed by atoms with Crippen molar-refractivity contribution in [2.45, 2.75) is 44.9 Å². The Bertz CT molecular complexity index is 657. The third-order valence-electron chi connectivity index (χ3n) is 3.29. The van der Waals surface area contributed by atoms with Crippen LogP contribution in [0, 0.1) is 17.5 Å². The van der Waals surface area contributed by atoms with Crippen molar-refractivity contribution in [3.8, 4) is 0 Å². The van der Waals surface area contributed by atoms with E-state index in [1.807, 2.05) is 0 Å². The van der Waals surface area contributed by atoms with Crippen LogP contribution in [0.2, 0.25) is 0 Å². The number of carbonyl (C=O) groups is 2. The molecule has 0 aliphatic carbocycles. The largest absolute Gasteiger partial charge is 0.444 e. The molecule has 5 nitrogen and oxygen atoms in total. The maximum atomic E-state index is 14.0. The van der Waals surface area contributed by atoms with E-state index in [-0.39, 0.29) is 24.4 Å². The van der Waals surface area contributed by atoms with Crippen molar-refractivity contribution in [1.29, 1.82) is 0 Å². The first kappa shape index (κ1) is 18.3. The Morgan fingerprint density at radius 3 is 2.46 bits per heavy atom. The number of benzene rings is 1. The molecule has 2 atom stereocenters. The summed E-state index contributed by atoms with van der Waals surface area (Å²) in [7, 11) is 0. The molecule has 24 heavy (non-hydrogen) atoms. The van der Waals surface area contributed by atoms with Crippen LogP contribution in [0.15, 0.2) is 12.1 Å². The Labute approximate surface area is 137 Å². The minimum absolute atomic E-state index is 0.137. The first-order valence-electron chi connectivity index (χ1n) is 7.34. The van der Waals surface area contributed by atoms with Crippen molar-refractivity contribution in [2.75, 3.05) is 6.61 Å². The van der Waals surface area contributed by atoms with E-state index in [0.29, 0.717) is 12.1 Å². The Morgan fingerprint density at radius 1 is 1.21 bits per heavy atom. The van der Waals surface area contributed by atoms with Gasteiger partial charge in [-0.05, 0) is 26.8 Å². The summed E-state index contributed by atoms with van der Waals surface area (Å²) in [5, 5.41) is 2.43. The molecule has 1 unspecified atom stereocenters. The van der Waals surface area contributed by atoms with Gasteiger partial charge in [-0.15, -0.1) is 0 Å². The Balaban J connectivity index is 2.25. The molecule has 1 N–H and O–H groups in total. The molecule has 1 aromatic rings. The van der Waals surface area contributed by atoms with E-state index in [9.17, 15) is 22.8 Å². The number of hydrogen-bond donors (Lipinski definition) is 1. The minimum Gasteiger partial charge on any atom is -0.444 e. The average Bonchev–Trinajstić information content (AvgIpc) is 2.41. The zero-order chi connectivity index (χ0) is 18.1. The number of carbonyl (C=O) groups excluding carboxylic acids is 2. The fourth-order valence-corrected chi connectivity index (χ4v) is 2.36. The zero-order valence-electron chi connectivity index (χ0n) is 13.5. The summed E-state index contributed by atoms with van der Waals surface area (Å²) < 4.78 is 50.8. The van der Waals surface area contributed by atoms with Gasteiger partial charge in [0.05, 0.1) is 6.04 Å². The summed E-state index contributed by atoms with van der Waals surface area (Å²) in [6.07, 6.45) is -2.09. The summed E-state index contributed by atoms with van der Waals surface area (Å²) >= 11 is 0. The van der Waals surface area contributed by atoms with Crippen molar-refractivity contribution in [1.82, 2.24) is 5.32 Å². The van der Waals surface area contributed by atoms with E-state index >= 15 is 0 Å². The summed E-state index contributed by atoms with van der Waals surface area (Å²) in [5.74, 6) is -3.91. The molecule has 0 saturated carbocycles. The highest BCUT2D eigenvalue weighted by Gasteiger charge is 2.35. The highest BCUT2D eigenvalue weighted by atomic mass is 19.2. The van der Waals surface area contributed by atoms with Gasteiger partial charge >= 0.3 is 6.09 Å². The SMILES string of the molecule is CC(C)(C)OC(=O)N[C@H]1CC(=O)COC1c1cc(F)c(F)cc1F. The number of rotatable bonds is 2. The summed E-state index contributed by atoms with van der Waals surface area (Å²) in [6, 6.07) is 0.102. The van der Waals surface area contributed by atoms with Crippen molar-refractivity contribution in [3.63, 3.8) is 0 Å². The molecule has 1 aliphatic heterocycles. The zero-order valence-corrected chi connectivity index (χ0v) is 13.5. The Morgan fingerprint density at radius 2 is 1.83 bits per heavy atom. The highest BCUT2D eigenvalue weighted by molar-refractivity contribution is 5.82. The predicted octanol–water partition coefficient (Wildman–Crippen LogP) is 3.03. The lowest BCUT2D eigenvalue weighted by Gasteiger charge is -2.32. The molecule has 1 fully saturated rings. The fraction of sp³-hybridized carbons (Fsp3) is 0.500. The van der Waals surface area contributed by atoms with Crippen molar-refractivity contribution in [3.05, 3.63) is 35.1 Å². The van der Waals surface area contributed by atoms with Crippen LogP contribution in [0.5, 0.6) is 0 Å². The van der Waals surface area contributed by atoms with Crippen LogP contribution in [-0.4, -0.2) is 30.1 Å². The number of ether oxygens (including phenoxy) is 2. The van der Waals surface area contributed by atoms with Crippen LogP contribution in [0.3, 0.4) is 0 Å². The van der Waals surface area contributed by atoms with E-state index in [1.54, 1.807) is 20.8 Å². The molecule has 8 heteroatoms. The lowest BCUT2D eigenvalue weighted by Crippen LogP contribution is -2.47. The van der Waals surface area contributed by atoms with E-state index in [4.69, 9.17) is 9.47 Å². The molecule has 1 saturated heterocycles. The first-order valence-corrected chi connectivity index (χ1v) is 7.34. The number of Topliss-reactive ketones (excluding diaryl/α,β-unsaturated/α-hetero) is 1. The van der Waals surface area contributed by atoms with E-state index < -0.39 is 41.3 Å². The molecule has 0 radical (unpaired) electrons. The molecule has 2 rings (SSSR count). The van der Waals surface area contributed by atoms with Gasteiger partial charge < -0.3 is 14.8 Å². The number of amides is 1. The number of halogens is 3. The third kappa shape index (κ3) is 4.47. The van der Waals surface area contributed by atoms with Crippen LogP contribution in [-0.2, 0) is 14.3 Å². The summed E-state index contributed by atoms with van der Waals surface area (Å²) in [5.41, 5.74) is -1.05. The van der Waals surface area contributed by atoms with Gasteiger partial charge in [0.2, 0.25) is 0 Å². The Kier molecular flexibility index (Phi) is 5.17. The monoisotopic (exact) mass is 345 g/mol. The minimum atomic E-state index is -1.33. The standard InChI is InChI=1S/C16H18F3NO4/c1-16(2,3)24-15(22)20-13-4-8(21)7-23-14(13)9-5-11(18)12(19)6-10(9)17/h5-6,13-14H,4,7H2,1-3H3,(H,20,22)/t13-,14?/m0/s1. The second-order valence-electron chi connectivity index (χ2n) is 6.51. The van der Waals surface area contributed by atoms with Gasteiger partial charge in [0.25, 0.3) is 0 Å². The molecule has 0 bridgehead atoms. The number of ketones is 1. The van der Waals surface area contributed by atoms with Crippen LogP contribution in [0.4, 0.5) is 18.0 Å². The topological polar surface area (TPSA) is 64.6 Å². The first-order chi connectivity index (χ1) is 11.1. The van der Waals surface area contributed by atoms with Gasteiger partial charge in [-0.1, -0.05) is 0 Å². The van der Waals surface area contributed by atoms with Crippen molar-refractivity contribution in [2.24, 2.45) is 0 Å². The normalized spacial score (nSPS) is 21.5.